The molecule has 1 aliphatic rings. The van der Waals surface area contributed by atoms with Crippen molar-refractivity contribution in [3.63, 3.8) is 0 Å². The van der Waals surface area contributed by atoms with Crippen LogP contribution < -0.4 is 10.6 Å². The lowest BCUT2D eigenvalue weighted by atomic mass is 10.1. The van der Waals surface area contributed by atoms with Crippen LogP contribution in [0.4, 0.5) is 17.1 Å². The number of carbonyl (C=O) groups excluding carboxylic acids is 1. The molecule has 6 heteroatoms. The molecule has 0 aliphatic carbocycles. The van der Waals surface area contributed by atoms with Gasteiger partial charge in [-0.2, -0.15) is 0 Å². The predicted molar refractivity (Wildman–Crippen MR) is 79.1 cm³/mol. The molecule has 2 N–H and O–H groups in total. The van der Waals surface area contributed by atoms with Gasteiger partial charge in [-0.15, -0.1) is 0 Å². The number of carbonyl (C=O) groups is 1. The Bertz CT molecular complexity index is 701. The van der Waals surface area contributed by atoms with Crippen LogP contribution in [0.2, 0.25) is 15.1 Å². The maximum Gasteiger partial charge on any atom is 0.257 e. The number of hydrogen-bond donors (Lipinski definition) is 2. The highest BCUT2D eigenvalue weighted by molar-refractivity contribution is 6.42. The summed E-state index contributed by atoms with van der Waals surface area (Å²) >= 11 is 18.1. The van der Waals surface area contributed by atoms with Crippen LogP contribution in [0.15, 0.2) is 30.3 Å². The van der Waals surface area contributed by atoms with E-state index in [1.54, 1.807) is 30.3 Å². The standard InChI is InChI=1S/C13H7Cl3N2O/c14-7-3-1-2-6-12(7)17-10-4-8(15)9(16)5-11(10)18-13(6)19/h1-5,17H,(H,18,19). The van der Waals surface area contributed by atoms with Gasteiger partial charge < -0.3 is 10.6 Å². The van der Waals surface area contributed by atoms with Gasteiger partial charge in [0, 0.05) is 0 Å². The van der Waals surface area contributed by atoms with Crippen LogP contribution in [0.3, 0.4) is 0 Å². The molecule has 0 atom stereocenters. The number of para-hydroxylation sites is 1. The lowest BCUT2D eigenvalue weighted by Gasteiger charge is -2.10. The predicted octanol–water partition coefficient (Wildman–Crippen LogP) is 4.96. The Hall–Kier alpha value is -1.42. The van der Waals surface area contributed by atoms with Gasteiger partial charge in [0.05, 0.1) is 37.7 Å². The maximum absolute atomic E-state index is 12.1. The molecular formula is C13H7Cl3N2O. The monoisotopic (exact) mass is 312 g/mol. The van der Waals surface area contributed by atoms with Crippen molar-refractivity contribution in [2.24, 2.45) is 0 Å². The molecule has 1 aliphatic heterocycles. The Labute approximate surface area is 124 Å². The number of benzene rings is 2. The van der Waals surface area contributed by atoms with Crippen LogP contribution in [0.5, 0.6) is 0 Å². The van der Waals surface area contributed by atoms with E-state index in [9.17, 15) is 4.79 Å². The minimum atomic E-state index is -0.248. The molecular weight excluding hydrogens is 307 g/mol. The summed E-state index contributed by atoms with van der Waals surface area (Å²) in [6.45, 7) is 0. The van der Waals surface area contributed by atoms with E-state index in [0.29, 0.717) is 37.7 Å². The van der Waals surface area contributed by atoms with Crippen molar-refractivity contribution < 1.29 is 4.79 Å². The number of hydrogen-bond acceptors (Lipinski definition) is 2. The quantitative estimate of drug-likeness (QED) is 0.722. The Morgan fingerprint density at radius 1 is 0.842 bits per heavy atom. The van der Waals surface area contributed by atoms with Crippen molar-refractivity contribution in [2.45, 2.75) is 0 Å². The fraction of sp³-hybridized carbons (Fsp3) is 0. The first-order valence-corrected chi connectivity index (χ1v) is 6.55. The Morgan fingerprint density at radius 2 is 1.47 bits per heavy atom. The number of halogens is 3. The summed E-state index contributed by atoms with van der Waals surface area (Å²) in [7, 11) is 0. The van der Waals surface area contributed by atoms with Crippen LogP contribution in [0.25, 0.3) is 0 Å². The molecule has 0 fully saturated rings. The summed E-state index contributed by atoms with van der Waals surface area (Å²) in [6.07, 6.45) is 0. The molecule has 0 saturated heterocycles. The Morgan fingerprint density at radius 3 is 2.16 bits per heavy atom. The molecule has 0 bridgehead atoms. The molecule has 2 aromatic carbocycles. The van der Waals surface area contributed by atoms with Gasteiger partial charge in [0.1, 0.15) is 0 Å². The molecule has 3 rings (SSSR count). The van der Waals surface area contributed by atoms with Gasteiger partial charge in [-0.1, -0.05) is 40.9 Å². The summed E-state index contributed by atoms with van der Waals surface area (Å²) < 4.78 is 0. The summed E-state index contributed by atoms with van der Waals surface area (Å²) in [5, 5.41) is 7.12. The number of nitrogens with one attached hydrogen (secondary N) is 2. The number of rotatable bonds is 0. The second kappa shape index (κ2) is 4.60. The fourth-order valence-electron chi connectivity index (χ4n) is 1.92. The zero-order valence-electron chi connectivity index (χ0n) is 9.43. The van der Waals surface area contributed by atoms with E-state index in [1.807, 2.05) is 0 Å². The van der Waals surface area contributed by atoms with Crippen molar-refractivity contribution in [1.29, 1.82) is 0 Å². The second-order valence-electron chi connectivity index (χ2n) is 4.05. The van der Waals surface area contributed by atoms with Gasteiger partial charge in [-0.25, -0.2) is 0 Å². The largest absolute Gasteiger partial charge is 0.352 e. The first-order chi connectivity index (χ1) is 9.06. The molecule has 1 amide bonds. The molecule has 0 saturated carbocycles. The SMILES string of the molecule is O=C1Nc2cc(Cl)c(Cl)cc2Nc2c(Cl)cccc21. The average molecular weight is 314 g/mol. The van der Waals surface area contributed by atoms with Gasteiger partial charge in [-0.05, 0) is 24.3 Å². The van der Waals surface area contributed by atoms with Gasteiger partial charge in [0.2, 0.25) is 0 Å². The van der Waals surface area contributed by atoms with Crippen LogP contribution in [-0.2, 0) is 0 Å². The molecule has 2 aromatic rings. The molecule has 0 aromatic heterocycles. The minimum Gasteiger partial charge on any atom is -0.352 e. The van der Waals surface area contributed by atoms with Crippen LogP contribution in [-0.4, -0.2) is 5.91 Å². The maximum atomic E-state index is 12.1. The normalized spacial score (nSPS) is 12.9. The molecule has 0 spiro atoms. The summed E-state index contributed by atoms with van der Waals surface area (Å²) in [6, 6.07) is 8.38. The highest BCUT2D eigenvalue weighted by Crippen LogP contribution is 2.39. The van der Waals surface area contributed by atoms with Crippen molar-refractivity contribution in [3.05, 3.63) is 51.0 Å². The van der Waals surface area contributed by atoms with E-state index in [2.05, 4.69) is 10.6 Å². The first kappa shape index (κ1) is 12.6. The van der Waals surface area contributed by atoms with Crippen molar-refractivity contribution >= 4 is 57.8 Å². The van der Waals surface area contributed by atoms with E-state index in [1.165, 1.54) is 0 Å². The zero-order chi connectivity index (χ0) is 13.6. The third kappa shape index (κ3) is 2.14. The van der Waals surface area contributed by atoms with Crippen molar-refractivity contribution in [2.75, 3.05) is 10.6 Å². The number of fused-ring (bicyclic) bond motifs is 2. The summed E-state index contributed by atoms with van der Waals surface area (Å²) in [5.41, 5.74) is 2.23. The molecule has 1 heterocycles. The van der Waals surface area contributed by atoms with Crippen LogP contribution >= 0.6 is 34.8 Å². The second-order valence-corrected chi connectivity index (χ2v) is 5.28. The number of anilines is 3. The van der Waals surface area contributed by atoms with Crippen molar-refractivity contribution in [3.8, 4) is 0 Å². The highest BCUT2D eigenvalue weighted by atomic mass is 35.5. The van der Waals surface area contributed by atoms with Crippen LogP contribution in [0.1, 0.15) is 10.4 Å². The van der Waals surface area contributed by atoms with E-state index >= 15 is 0 Å². The van der Waals surface area contributed by atoms with E-state index in [4.69, 9.17) is 34.8 Å². The smallest absolute Gasteiger partial charge is 0.257 e. The van der Waals surface area contributed by atoms with Gasteiger partial charge in [0.15, 0.2) is 0 Å². The number of amides is 1. The molecule has 0 unspecified atom stereocenters. The third-order valence-corrected chi connectivity index (χ3v) is 3.86. The lowest BCUT2D eigenvalue weighted by Crippen LogP contribution is -2.10. The van der Waals surface area contributed by atoms with Gasteiger partial charge >= 0.3 is 0 Å². The third-order valence-electron chi connectivity index (χ3n) is 2.83. The fourth-order valence-corrected chi connectivity index (χ4v) is 2.47. The minimum absolute atomic E-state index is 0.248. The molecule has 19 heavy (non-hydrogen) atoms. The summed E-state index contributed by atoms with van der Waals surface area (Å²) in [5.74, 6) is -0.248. The van der Waals surface area contributed by atoms with Gasteiger partial charge in [0.25, 0.3) is 5.91 Å². The van der Waals surface area contributed by atoms with Crippen LogP contribution in [0, 0.1) is 0 Å². The van der Waals surface area contributed by atoms with Gasteiger partial charge in [-0.3, -0.25) is 4.79 Å². The Kier molecular flexibility index (Phi) is 3.05. The molecule has 96 valence electrons. The zero-order valence-corrected chi connectivity index (χ0v) is 11.7. The Balaban J connectivity index is 2.22. The highest BCUT2D eigenvalue weighted by Gasteiger charge is 2.21. The van der Waals surface area contributed by atoms with E-state index < -0.39 is 0 Å². The first-order valence-electron chi connectivity index (χ1n) is 5.42. The van der Waals surface area contributed by atoms with E-state index in [0.717, 1.165) is 0 Å². The summed E-state index contributed by atoms with van der Waals surface area (Å²) in [4.78, 5) is 12.1. The molecule has 0 radical (unpaired) electrons. The topological polar surface area (TPSA) is 41.1 Å². The molecule has 3 nitrogen and oxygen atoms in total. The van der Waals surface area contributed by atoms with Crippen molar-refractivity contribution in [1.82, 2.24) is 0 Å². The lowest BCUT2D eigenvalue weighted by molar-refractivity contribution is 0.102. The van der Waals surface area contributed by atoms with E-state index in [-0.39, 0.29) is 5.91 Å². The average Bonchev–Trinajstić information content (AvgIpc) is 2.49.